The van der Waals surface area contributed by atoms with Crippen molar-refractivity contribution in [3.63, 3.8) is 0 Å². The Morgan fingerprint density at radius 3 is 2.30 bits per heavy atom. The molecule has 5 nitrogen and oxygen atoms in total. The van der Waals surface area contributed by atoms with E-state index >= 15 is 0 Å². The Hall–Kier alpha value is -1.99. The van der Waals surface area contributed by atoms with Gasteiger partial charge in [-0.3, -0.25) is 9.52 Å². The van der Waals surface area contributed by atoms with E-state index in [1.165, 1.54) is 34.9 Å². The summed E-state index contributed by atoms with van der Waals surface area (Å²) in [7, 11) is -3.92. The highest BCUT2D eigenvalue weighted by molar-refractivity contribution is 7.92. The molecule has 3 aromatic rings. The second-order valence-electron chi connectivity index (χ2n) is 5.66. The highest BCUT2D eigenvalue weighted by atomic mass is 35.5. The summed E-state index contributed by atoms with van der Waals surface area (Å²) in [6.07, 6.45) is 1.56. The fourth-order valence-corrected chi connectivity index (χ4v) is 3.89. The van der Waals surface area contributed by atoms with Gasteiger partial charge in [0.1, 0.15) is 5.69 Å². The highest BCUT2D eigenvalue weighted by Gasteiger charge is 2.16. The molecule has 0 aliphatic rings. The Morgan fingerprint density at radius 2 is 1.63 bits per heavy atom. The minimum absolute atomic E-state index is 0.00573. The van der Waals surface area contributed by atoms with Crippen molar-refractivity contribution in [3.8, 4) is 0 Å². The van der Waals surface area contributed by atoms with Crippen LogP contribution in [0, 0.1) is 0 Å². The Balaban J connectivity index is 1.89. The summed E-state index contributed by atoms with van der Waals surface area (Å²) >= 11 is 17.7. The molecule has 0 aliphatic heterocycles. The van der Waals surface area contributed by atoms with Crippen molar-refractivity contribution >= 4 is 50.5 Å². The zero-order valence-corrected chi connectivity index (χ0v) is 16.8. The molecule has 0 radical (unpaired) electrons. The van der Waals surface area contributed by atoms with Crippen molar-refractivity contribution in [2.75, 3.05) is 4.72 Å². The van der Waals surface area contributed by atoms with Crippen LogP contribution in [0.4, 0.5) is 5.69 Å². The predicted molar refractivity (Wildman–Crippen MR) is 109 cm³/mol. The van der Waals surface area contributed by atoms with E-state index in [-0.39, 0.29) is 17.1 Å². The van der Waals surface area contributed by atoms with Crippen LogP contribution in [0.25, 0.3) is 0 Å². The van der Waals surface area contributed by atoms with Gasteiger partial charge in [-0.05, 0) is 54.1 Å². The molecule has 1 heterocycles. The third kappa shape index (κ3) is 4.65. The summed E-state index contributed by atoms with van der Waals surface area (Å²) < 4.78 is 28.7. The lowest BCUT2D eigenvalue weighted by Crippen LogP contribution is -2.26. The monoisotopic (exact) mass is 442 g/mol. The summed E-state index contributed by atoms with van der Waals surface area (Å²) in [6, 6.07) is 13.7. The summed E-state index contributed by atoms with van der Waals surface area (Å²) in [5.74, 6) is 0. The number of anilines is 1. The first-order chi connectivity index (χ1) is 12.8. The molecular formula is C18H13Cl3N2O3S. The molecule has 27 heavy (non-hydrogen) atoms. The SMILES string of the molecule is O=c1c(NS(=O)(=O)c2ccc(Cl)cc2)cccn1Cc1ccc(Cl)c(Cl)c1. The molecule has 2 aromatic carbocycles. The molecule has 140 valence electrons. The van der Waals surface area contributed by atoms with Gasteiger partial charge in [0.25, 0.3) is 15.6 Å². The maximum absolute atomic E-state index is 12.6. The number of aromatic nitrogens is 1. The number of nitrogens with one attached hydrogen (secondary N) is 1. The number of sulfonamides is 1. The van der Waals surface area contributed by atoms with Gasteiger partial charge in [-0.25, -0.2) is 8.42 Å². The van der Waals surface area contributed by atoms with Crippen LogP contribution in [-0.2, 0) is 16.6 Å². The molecule has 0 fully saturated rings. The number of hydrogen-bond donors (Lipinski definition) is 1. The minimum Gasteiger partial charge on any atom is -0.309 e. The third-order valence-corrected chi connectivity index (χ3v) is 6.10. The first-order valence-electron chi connectivity index (χ1n) is 7.68. The van der Waals surface area contributed by atoms with Crippen LogP contribution in [-0.4, -0.2) is 13.0 Å². The molecule has 0 saturated carbocycles. The fraction of sp³-hybridized carbons (Fsp3) is 0.0556. The second-order valence-corrected chi connectivity index (χ2v) is 8.60. The maximum Gasteiger partial charge on any atom is 0.275 e. The van der Waals surface area contributed by atoms with E-state index in [0.717, 1.165) is 5.56 Å². The van der Waals surface area contributed by atoms with Crippen LogP contribution in [0.5, 0.6) is 0 Å². The summed E-state index contributed by atoms with van der Waals surface area (Å²) in [4.78, 5) is 12.6. The second kappa shape index (κ2) is 7.94. The standard InChI is InChI=1S/C18H13Cl3N2O3S/c19-13-4-6-14(7-5-13)27(25,26)22-17-2-1-9-23(18(17)24)11-12-3-8-15(20)16(21)10-12/h1-10,22H,11H2. The summed E-state index contributed by atoms with van der Waals surface area (Å²) in [6.45, 7) is 0.215. The van der Waals surface area contributed by atoms with E-state index in [0.29, 0.717) is 15.1 Å². The third-order valence-electron chi connectivity index (χ3n) is 3.73. The molecule has 3 rings (SSSR count). The van der Waals surface area contributed by atoms with Crippen molar-refractivity contribution in [1.82, 2.24) is 4.57 Å². The van der Waals surface area contributed by atoms with Crippen LogP contribution >= 0.6 is 34.8 Å². The number of benzene rings is 2. The average Bonchev–Trinajstić information content (AvgIpc) is 2.62. The molecule has 0 saturated heterocycles. The Bertz CT molecular complexity index is 1140. The predicted octanol–water partition coefficient (Wildman–Crippen LogP) is 4.66. The Morgan fingerprint density at radius 1 is 0.926 bits per heavy atom. The van der Waals surface area contributed by atoms with Gasteiger partial charge in [0.15, 0.2) is 0 Å². The molecule has 1 N–H and O–H groups in total. The van der Waals surface area contributed by atoms with Crippen LogP contribution in [0.15, 0.2) is 70.5 Å². The lowest BCUT2D eigenvalue weighted by molar-refractivity contribution is 0.601. The molecule has 0 bridgehead atoms. The lowest BCUT2D eigenvalue weighted by atomic mass is 10.2. The van der Waals surface area contributed by atoms with Crippen LogP contribution < -0.4 is 10.3 Å². The van der Waals surface area contributed by atoms with Crippen molar-refractivity contribution in [3.05, 3.63) is 91.8 Å². The zero-order chi connectivity index (χ0) is 19.6. The van der Waals surface area contributed by atoms with Crippen molar-refractivity contribution < 1.29 is 8.42 Å². The average molecular weight is 444 g/mol. The van der Waals surface area contributed by atoms with Gasteiger partial charge in [0.2, 0.25) is 0 Å². The number of nitrogens with zero attached hydrogens (tertiary/aromatic N) is 1. The Kier molecular flexibility index (Phi) is 5.81. The molecule has 0 atom stereocenters. The lowest BCUT2D eigenvalue weighted by Gasteiger charge is -2.11. The fourth-order valence-electron chi connectivity index (χ4n) is 2.39. The number of rotatable bonds is 5. The molecule has 0 aliphatic carbocycles. The van der Waals surface area contributed by atoms with Gasteiger partial charge in [-0.1, -0.05) is 40.9 Å². The normalized spacial score (nSPS) is 11.4. The number of hydrogen-bond acceptors (Lipinski definition) is 3. The topological polar surface area (TPSA) is 68.2 Å². The van der Waals surface area contributed by atoms with E-state index in [4.69, 9.17) is 34.8 Å². The van der Waals surface area contributed by atoms with Gasteiger partial charge >= 0.3 is 0 Å². The zero-order valence-electron chi connectivity index (χ0n) is 13.7. The molecule has 0 unspecified atom stereocenters. The van der Waals surface area contributed by atoms with Crippen LogP contribution in [0.2, 0.25) is 15.1 Å². The Labute approximate surface area is 171 Å². The van der Waals surface area contributed by atoms with E-state index in [2.05, 4.69) is 4.72 Å². The molecule has 0 spiro atoms. The molecule has 1 aromatic heterocycles. The summed E-state index contributed by atoms with van der Waals surface area (Å²) in [5.41, 5.74) is 0.206. The quantitative estimate of drug-likeness (QED) is 0.624. The molecular weight excluding hydrogens is 431 g/mol. The van der Waals surface area contributed by atoms with Gasteiger partial charge in [-0.2, -0.15) is 0 Å². The maximum atomic E-state index is 12.6. The van der Waals surface area contributed by atoms with Crippen LogP contribution in [0.3, 0.4) is 0 Å². The van der Waals surface area contributed by atoms with Gasteiger partial charge in [0.05, 0.1) is 21.5 Å². The number of halogens is 3. The van der Waals surface area contributed by atoms with Crippen molar-refractivity contribution in [2.45, 2.75) is 11.4 Å². The van der Waals surface area contributed by atoms with E-state index in [9.17, 15) is 13.2 Å². The first-order valence-corrected chi connectivity index (χ1v) is 10.3. The van der Waals surface area contributed by atoms with Gasteiger partial charge in [0, 0.05) is 11.2 Å². The van der Waals surface area contributed by atoms with Gasteiger partial charge < -0.3 is 4.57 Å². The highest BCUT2D eigenvalue weighted by Crippen LogP contribution is 2.23. The van der Waals surface area contributed by atoms with Crippen molar-refractivity contribution in [2.24, 2.45) is 0 Å². The summed E-state index contributed by atoms with van der Waals surface area (Å²) in [5, 5.41) is 1.21. The smallest absolute Gasteiger partial charge is 0.275 e. The van der Waals surface area contributed by atoms with E-state index in [1.807, 2.05) is 0 Å². The first kappa shape index (κ1) is 19.8. The minimum atomic E-state index is -3.92. The van der Waals surface area contributed by atoms with E-state index in [1.54, 1.807) is 30.5 Å². The van der Waals surface area contributed by atoms with E-state index < -0.39 is 15.6 Å². The van der Waals surface area contributed by atoms with Crippen LogP contribution in [0.1, 0.15) is 5.56 Å². The van der Waals surface area contributed by atoms with Gasteiger partial charge in [-0.15, -0.1) is 0 Å². The van der Waals surface area contributed by atoms with Crippen molar-refractivity contribution in [1.29, 1.82) is 0 Å². The molecule has 0 amide bonds. The number of pyridine rings is 1. The molecule has 9 heteroatoms. The largest absolute Gasteiger partial charge is 0.309 e.